The number of hydrogen-bond donors (Lipinski definition) is 1. The summed E-state index contributed by atoms with van der Waals surface area (Å²) in [5.74, 6) is 0.162. The van der Waals surface area contributed by atoms with Gasteiger partial charge < -0.3 is 19.5 Å². The Labute approximate surface area is 107 Å². The van der Waals surface area contributed by atoms with Crippen LogP contribution in [0.2, 0.25) is 0 Å². The summed E-state index contributed by atoms with van der Waals surface area (Å²) in [4.78, 5) is 4.20. The average molecular weight is 252 g/mol. The summed E-state index contributed by atoms with van der Waals surface area (Å²) >= 11 is 0. The van der Waals surface area contributed by atoms with E-state index in [1.165, 1.54) is 0 Å². The molecule has 2 rings (SSSR count). The molecule has 0 aromatic carbocycles. The zero-order valence-electron chi connectivity index (χ0n) is 11.1. The third-order valence-corrected chi connectivity index (χ3v) is 2.66. The topological polar surface area (TPSA) is 52.6 Å². The molecular formula is C13H20N2O3. The summed E-state index contributed by atoms with van der Waals surface area (Å²) in [6.07, 6.45) is 1.75. The number of anilines is 1. The first-order valence-corrected chi connectivity index (χ1v) is 6.22. The van der Waals surface area contributed by atoms with Crippen molar-refractivity contribution in [3.8, 4) is 5.88 Å². The monoisotopic (exact) mass is 252 g/mol. The van der Waals surface area contributed by atoms with Crippen molar-refractivity contribution in [3.63, 3.8) is 0 Å². The molecule has 0 saturated carbocycles. The van der Waals surface area contributed by atoms with Crippen molar-refractivity contribution in [1.82, 2.24) is 4.98 Å². The van der Waals surface area contributed by atoms with Crippen LogP contribution in [0.1, 0.15) is 20.8 Å². The van der Waals surface area contributed by atoms with Gasteiger partial charge in [-0.2, -0.15) is 0 Å². The van der Waals surface area contributed by atoms with E-state index in [0.29, 0.717) is 25.7 Å². The smallest absolute Gasteiger partial charge is 0.213 e. The molecule has 2 heterocycles. The first-order chi connectivity index (χ1) is 8.59. The minimum atomic E-state index is -0.477. The summed E-state index contributed by atoms with van der Waals surface area (Å²) in [5.41, 5.74) is 0.940. The number of pyridine rings is 1. The molecular weight excluding hydrogens is 232 g/mol. The van der Waals surface area contributed by atoms with Gasteiger partial charge in [0.25, 0.3) is 0 Å². The fourth-order valence-electron chi connectivity index (χ4n) is 1.71. The average Bonchev–Trinajstić information content (AvgIpc) is 2.35. The first kappa shape index (κ1) is 13.1. The molecule has 0 atom stereocenters. The number of nitrogens with one attached hydrogen (secondary N) is 1. The maximum absolute atomic E-state index is 5.58. The van der Waals surface area contributed by atoms with Crippen molar-refractivity contribution in [1.29, 1.82) is 0 Å². The molecule has 0 bridgehead atoms. The normalized spacial score (nSPS) is 19.5. The maximum Gasteiger partial charge on any atom is 0.213 e. The molecule has 0 aliphatic carbocycles. The summed E-state index contributed by atoms with van der Waals surface area (Å²) in [6.45, 7) is 7.65. The largest absolute Gasteiger partial charge is 0.478 e. The molecule has 1 aliphatic rings. The molecule has 1 saturated heterocycles. The molecule has 18 heavy (non-hydrogen) atoms. The predicted octanol–water partition coefficient (Wildman–Crippen LogP) is 2.04. The van der Waals surface area contributed by atoms with Crippen LogP contribution in [-0.4, -0.2) is 36.6 Å². The van der Waals surface area contributed by atoms with Crippen LogP contribution in [0.4, 0.5) is 5.69 Å². The standard InChI is InChI=1S/C13H20N2O3/c1-4-16-12-6-5-10(7-14-12)15-11-8-17-13(2,3)18-9-11/h5-7,11,15H,4,8-9H2,1-3H3. The van der Waals surface area contributed by atoms with E-state index >= 15 is 0 Å². The Kier molecular flexibility index (Phi) is 4.04. The number of ether oxygens (including phenoxy) is 3. The zero-order valence-corrected chi connectivity index (χ0v) is 11.1. The van der Waals surface area contributed by atoms with Gasteiger partial charge >= 0.3 is 0 Å². The van der Waals surface area contributed by atoms with Crippen LogP contribution in [0.25, 0.3) is 0 Å². The Hall–Kier alpha value is -1.33. The van der Waals surface area contributed by atoms with Crippen LogP contribution < -0.4 is 10.1 Å². The van der Waals surface area contributed by atoms with E-state index in [9.17, 15) is 0 Å². The third kappa shape index (κ3) is 3.58. The molecule has 0 spiro atoms. The Balaban J connectivity index is 1.86. The fraction of sp³-hybridized carbons (Fsp3) is 0.615. The molecule has 100 valence electrons. The molecule has 1 fully saturated rings. The lowest BCUT2D eigenvalue weighted by Gasteiger charge is -2.35. The SMILES string of the molecule is CCOc1ccc(NC2COC(C)(C)OC2)cn1. The van der Waals surface area contributed by atoms with Gasteiger partial charge in [0.15, 0.2) is 5.79 Å². The van der Waals surface area contributed by atoms with Gasteiger partial charge in [0.2, 0.25) is 5.88 Å². The van der Waals surface area contributed by atoms with Crippen molar-refractivity contribution in [3.05, 3.63) is 18.3 Å². The predicted molar refractivity (Wildman–Crippen MR) is 68.8 cm³/mol. The van der Waals surface area contributed by atoms with Crippen LogP contribution in [0.15, 0.2) is 18.3 Å². The maximum atomic E-state index is 5.58. The second-order valence-corrected chi connectivity index (χ2v) is 4.68. The van der Waals surface area contributed by atoms with Gasteiger partial charge in [-0.25, -0.2) is 4.98 Å². The molecule has 1 aromatic heterocycles. The van der Waals surface area contributed by atoms with E-state index in [1.807, 2.05) is 32.9 Å². The molecule has 1 aromatic rings. The molecule has 1 N–H and O–H groups in total. The van der Waals surface area contributed by atoms with Gasteiger partial charge in [0.1, 0.15) is 0 Å². The minimum Gasteiger partial charge on any atom is -0.478 e. The summed E-state index contributed by atoms with van der Waals surface area (Å²) < 4.78 is 16.5. The van der Waals surface area contributed by atoms with Gasteiger partial charge in [-0.15, -0.1) is 0 Å². The third-order valence-electron chi connectivity index (χ3n) is 2.66. The van der Waals surface area contributed by atoms with Gasteiger partial charge in [-0.3, -0.25) is 0 Å². The highest BCUT2D eigenvalue weighted by Gasteiger charge is 2.28. The Morgan fingerprint density at radius 3 is 2.67 bits per heavy atom. The van der Waals surface area contributed by atoms with E-state index in [-0.39, 0.29) is 6.04 Å². The van der Waals surface area contributed by atoms with Gasteiger partial charge in [0.05, 0.1) is 37.7 Å². The molecule has 0 amide bonds. The second kappa shape index (κ2) is 5.54. The van der Waals surface area contributed by atoms with Crippen molar-refractivity contribution < 1.29 is 14.2 Å². The van der Waals surface area contributed by atoms with E-state index in [0.717, 1.165) is 5.69 Å². The van der Waals surface area contributed by atoms with Crippen LogP contribution in [0.3, 0.4) is 0 Å². The molecule has 5 heteroatoms. The quantitative estimate of drug-likeness (QED) is 0.888. The molecule has 1 aliphatic heterocycles. The van der Waals surface area contributed by atoms with Crippen LogP contribution in [0, 0.1) is 0 Å². The summed E-state index contributed by atoms with van der Waals surface area (Å²) in [6, 6.07) is 3.94. The van der Waals surface area contributed by atoms with E-state index < -0.39 is 5.79 Å². The van der Waals surface area contributed by atoms with E-state index in [2.05, 4.69) is 10.3 Å². The van der Waals surface area contributed by atoms with E-state index in [4.69, 9.17) is 14.2 Å². The van der Waals surface area contributed by atoms with Crippen molar-refractivity contribution in [2.24, 2.45) is 0 Å². The van der Waals surface area contributed by atoms with Gasteiger partial charge in [-0.05, 0) is 26.8 Å². The summed E-state index contributed by atoms with van der Waals surface area (Å²) in [5, 5.41) is 3.32. The van der Waals surface area contributed by atoms with Gasteiger partial charge in [0, 0.05) is 6.07 Å². The number of hydrogen-bond acceptors (Lipinski definition) is 5. The highest BCUT2D eigenvalue weighted by Crippen LogP contribution is 2.20. The number of nitrogens with zero attached hydrogens (tertiary/aromatic N) is 1. The van der Waals surface area contributed by atoms with Crippen molar-refractivity contribution in [2.75, 3.05) is 25.1 Å². The van der Waals surface area contributed by atoms with Crippen molar-refractivity contribution in [2.45, 2.75) is 32.6 Å². The van der Waals surface area contributed by atoms with E-state index in [1.54, 1.807) is 6.20 Å². The van der Waals surface area contributed by atoms with Crippen LogP contribution >= 0.6 is 0 Å². The highest BCUT2D eigenvalue weighted by molar-refractivity contribution is 5.43. The molecule has 0 radical (unpaired) electrons. The zero-order chi connectivity index (χ0) is 13.0. The minimum absolute atomic E-state index is 0.151. The number of rotatable bonds is 4. The molecule has 5 nitrogen and oxygen atoms in total. The Morgan fingerprint density at radius 2 is 2.11 bits per heavy atom. The summed E-state index contributed by atoms with van der Waals surface area (Å²) in [7, 11) is 0. The lowest BCUT2D eigenvalue weighted by molar-refractivity contribution is -0.247. The van der Waals surface area contributed by atoms with Gasteiger partial charge in [-0.1, -0.05) is 0 Å². The molecule has 0 unspecified atom stereocenters. The van der Waals surface area contributed by atoms with Crippen molar-refractivity contribution >= 4 is 5.69 Å². The Morgan fingerprint density at radius 1 is 1.39 bits per heavy atom. The lowest BCUT2D eigenvalue weighted by Crippen LogP contribution is -2.45. The van der Waals surface area contributed by atoms with Crippen LogP contribution in [-0.2, 0) is 9.47 Å². The first-order valence-electron chi connectivity index (χ1n) is 6.22. The highest BCUT2D eigenvalue weighted by atomic mass is 16.7. The Bertz CT molecular complexity index is 368. The number of aromatic nitrogens is 1. The van der Waals surface area contributed by atoms with Crippen LogP contribution in [0.5, 0.6) is 5.88 Å². The fourth-order valence-corrected chi connectivity index (χ4v) is 1.71. The lowest BCUT2D eigenvalue weighted by atomic mass is 10.2. The second-order valence-electron chi connectivity index (χ2n) is 4.68.